The third kappa shape index (κ3) is 3.83. The maximum atomic E-state index is 12.6. The summed E-state index contributed by atoms with van der Waals surface area (Å²) in [7, 11) is 0. The van der Waals surface area contributed by atoms with Crippen LogP contribution < -0.4 is 5.73 Å². The molecule has 2 aliphatic rings. The topological polar surface area (TPSA) is 50.8 Å². The molecule has 0 bridgehead atoms. The minimum absolute atomic E-state index is 0.147. The first-order valence-electron chi connectivity index (χ1n) is 8.20. The number of ether oxygens (including phenoxy) is 1. The van der Waals surface area contributed by atoms with Crippen molar-refractivity contribution >= 4 is 5.96 Å². The first-order chi connectivity index (χ1) is 11.3. The molecule has 0 amide bonds. The van der Waals surface area contributed by atoms with Crippen LogP contribution >= 0.6 is 0 Å². The zero-order chi connectivity index (χ0) is 17.3. The summed E-state index contributed by atoms with van der Waals surface area (Å²) in [6.07, 6.45) is -2.49. The van der Waals surface area contributed by atoms with E-state index in [0.29, 0.717) is 12.6 Å². The number of nitrogens with two attached hydrogens (primary N) is 1. The number of rotatable bonds is 2. The Kier molecular flexibility index (Phi) is 4.71. The van der Waals surface area contributed by atoms with E-state index in [-0.39, 0.29) is 18.1 Å². The van der Waals surface area contributed by atoms with E-state index in [1.165, 1.54) is 0 Å². The van der Waals surface area contributed by atoms with Crippen molar-refractivity contribution in [2.75, 3.05) is 19.7 Å². The molecule has 7 heteroatoms. The van der Waals surface area contributed by atoms with Gasteiger partial charge in [-0.05, 0) is 43.4 Å². The third-order valence-electron chi connectivity index (χ3n) is 4.70. The van der Waals surface area contributed by atoms with Gasteiger partial charge in [0, 0.05) is 13.1 Å². The number of nitrogens with zero attached hydrogens (tertiary/aromatic N) is 2. The van der Waals surface area contributed by atoms with Crippen LogP contribution in [0.5, 0.6) is 0 Å². The van der Waals surface area contributed by atoms with Crippen molar-refractivity contribution in [3.8, 4) is 0 Å². The number of alkyl halides is 3. The number of hydrogen-bond acceptors (Lipinski definition) is 2. The zero-order valence-electron chi connectivity index (χ0n) is 13.6. The third-order valence-corrected chi connectivity index (χ3v) is 4.70. The Bertz CT molecular complexity index is 594. The Morgan fingerprint density at radius 3 is 2.50 bits per heavy atom. The molecule has 3 rings (SSSR count). The molecule has 0 aromatic heterocycles. The van der Waals surface area contributed by atoms with Crippen LogP contribution in [0.1, 0.15) is 36.8 Å². The van der Waals surface area contributed by atoms with Crippen molar-refractivity contribution < 1.29 is 17.9 Å². The monoisotopic (exact) mass is 341 g/mol. The van der Waals surface area contributed by atoms with Gasteiger partial charge in [-0.15, -0.1) is 0 Å². The van der Waals surface area contributed by atoms with Gasteiger partial charge in [0.2, 0.25) is 0 Å². The average molecular weight is 341 g/mol. The Balaban J connectivity index is 1.54. The molecule has 24 heavy (non-hydrogen) atoms. The van der Waals surface area contributed by atoms with E-state index in [1.54, 1.807) is 12.1 Å². The van der Waals surface area contributed by atoms with Crippen molar-refractivity contribution in [2.24, 2.45) is 10.7 Å². The maximum absolute atomic E-state index is 12.6. The predicted octanol–water partition coefficient (Wildman–Crippen LogP) is 2.99. The number of guanidine groups is 1. The largest absolute Gasteiger partial charge is 0.416 e. The molecule has 0 radical (unpaired) electrons. The summed E-state index contributed by atoms with van der Waals surface area (Å²) in [5.74, 6) is 0.804. The van der Waals surface area contributed by atoms with Crippen LogP contribution in [0.25, 0.3) is 0 Å². The fraction of sp³-hybridized carbons (Fsp3) is 0.588. The van der Waals surface area contributed by atoms with Crippen LogP contribution in [0, 0.1) is 0 Å². The van der Waals surface area contributed by atoms with Crippen molar-refractivity contribution in [1.82, 2.24) is 4.90 Å². The highest BCUT2D eigenvalue weighted by atomic mass is 19.4. The van der Waals surface area contributed by atoms with Crippen molar-refractivity contribution in [3.05, 3.63) is 35.4 Å². The molecule has 2 N–H and O–H groups in total. The van der Waals surface area contributed by atoms with Gasteiger partial charge >= 0.3 is 6.18 Å². The zero-order valence-corrected chi connectivity index (χ0v) is 13.6. The number of hydrogen-bond donors (Lipinski definition) is 1. The lowest BCUT2D eigenvalue weighted by Gasteiger charge is -2.36. The molecule has 0 spiro atoms. The van der Waals surface area contributed by atoms with E-state index in [1.807, 2.05) is 11.8 Å². The molecule has 1 saturated heterocycles. The Morgan fingerprint density at radius 2 is 1.92 bits per heavy atom. The number of benzene rings is 1. The summed E-state index contributed by atoms with van der Waals surface area (Å²) < 4.78 is 43.2. The van der Waals surface area contributed by atoms with Crippen LogP contribution in [0.15, 0.2) is 29.3 Å². The molecule has 1 aromatic carbocycles. The van der Waals surface area contributed by atoms with E-state index in [2.05, 4.69) is 4.99 Å². The lowest BCUT2D eigenvalue weighted by molar-refractivity contribution is -0.137. The van der Waals surface area contributed by atoms with E-state index < -0.39 is 11.7 Å². The van der Waals surface area contributed by atoms with Gasteiger partial charge in [-0.25, -0.2) is 4.99 Å². The van der Waals surface area contributed by atoms with E-state index >= 15 is 0 Å². The van der Waals surface area contributed by atoms with Crippen molar-refractivity contribution in [3.63, 3.8) is 0 Å². The van der Waals surface area contributed by atoms with Crippen LogP contribution in [-0.4, -0.2) is 42.7 Å². The van der Waals surface area contributed by atoms with Crippen LogP contribution in [0.2, 0.25) is 0 Å². The predicted molar refractivity (Wildman–Crippen MR) is 85.8 cm³/mol. The Hall–Kier alpha value is -1.76. The highest BCUT2D eigenvalue weighted by molar-refractivity contribution is 5.78. The fourth-order valence-corrected chi connectivity index (χ4v) is 3.20. The second-order valence-corrected chi connectivity index (χ2v) is 6.56. The molecule has 1 aliphatic heterocycles. The minimum Gasteiger partial charge on any atom is -0.375 e. The molecule has 2 fully saturated rings. The van der Waals surface area contributed by atoms with Gasteiger partial charge in [0.05, 0.1) is 24.3 Å². The molecule has 1 saturated carbocycles. The van der Waals surface area contributed by atoms with Crippen LogP contribution in [0.4, 0.5) is 13.2 Å². The van der Waals surface area contributed by atoms with Gasteiger partial charge in [0.25, 0.3) is 0 Å². The van der Waals surface area contributed by atoms with Crippen molar-refractivity contribution in [1.29, 1.82) is 0 Å². The van der Waals surface area contributed by atoms with E-state index in [9.17, 15) is 13.2 Å². The second-order valence-electron chi connectivity index (χ2n) is 6.56. The molecule has 1 unspecified atom stereocenters. The first-order valence-corrected chi connectivity index (χ1v) is 8.20. The Morgan fingerprint density at radius 1 is 1.25 bits per heavy atom. The quantitative estimate of drug-likeness (QED) is 0.665. The number of morpholine rings is 1. The van der Waals surface area contributed by atoms with Gasteiger partial charge in [-0.2, -0.15) is 13.2 Å². The first kappa shape index (κ1) is 17.1. The van der Waals surface area contributed by atoms with E-state index in [4.69, 9.17) is 10.5 Å². The van der Waals surface area contributed by atoms with E-state index in [0.717, 1.165) is 43.6 Å². The van der Waals surface area contributed by atoms with Gasteiger partial charge in [-0.3, -0.25) is 0 Å². The van der Waals surface area contributed by atoms with Gasteiger partial charge < -0.3 is 15.4 Å². The maximum Gasteiger partial charge on any atom is 0.416 e. The number of halogens is 3. The summed E-state index contributed by atoms with van der Waals surface area (Å²) in [6, 6.07) is 5.58. The SMILES string of the molecule is CC1CN(C(N)=NC2CC(c3ccc(C(F)(F)F)cc3)C2)CCO1. The summed E-state index contributed by atoms with van der Waals surface area (Å²) in [4.78, 5) is 6.59. The molecule has 4 nitrogen and oxygen atoms in total. The smallest absolute Gasteiger partial charge is 0.375 e. The Labute approximate surface area is 139 Å². The lowest BCUT2D eigenvalue weighted by Crippen LogP contribution is -2.48. The molecule has 1 heterocycles. The van der Waals surface area contributed by atoms with Gasteiger partial charge in [0.1, 0.15) is 0 Å². The fourth-order valence-electron chi connectivity index (χ4n) is 3.20. The molecule has 1 aliphatic carbocycles. The highest BCUT2D eigenvalue weighted by Gasteiger charge is 2.33. The van der Waals surface area contributed by atoms with Crippen LogP contribution in [0.3, 0.4) is 0 Å². The normalized spacial score (nSPS) is 28.6. The molecular weight excluding hydrogens is 319 g/mol. The molecular formula is C17H22F3N3O. The highest BCUT2D eigenvalue weighted by Crippen LogP contribution is 2.40. The lowest BCUT2D eigenvalue weighted by atomic mass is 9.76. The summed E-state index contributed by atoms with van der Waals surface area (Å²) in [5.41, 5.74) is 6.40. The standard InChI is InChI=1S/C17H22F3N3O/c1-11-10-23(6-7-24-11)16(21)22-15-8-13(9-15)12-2-4-14(5-3-12)17(18,19)20/h2-5,11,13,15H,6-10H2,1H3,(H2,21,22). The van der Waals surface area contributed by atoms with Gasteiger partial charge in [-0.1, -0.05) is 12.1 Å². The van der Waals surface area contributed by atoms with Crippen LogP contribution in [-0.2, 0) is 10.9 Å². The molecule has 1 atom stereocenters. The summed E-state index contributed by atoms with van der Waals surface area (Å²) >= 11 is 0. The van der Waals surface area contributed by atoms with Crippen molar-refractivity contribution in [2.45, 2.75) is 44.0 Å². The summed E-state index contributed by atoms with van der Waals surface area (Å²) in [5, 5.41) is 0. The average Bonchev–Trinajstić information content (AvgIpc) is 2.49. The second kappa shape index (κ2) is 6.63. The molecule has 132 valence electrons. The van der Waals surface area contributed by atoms with Gasteiger partial charge in [0.15, 0.2) is 5.96 Å². The minimum atomic E-state index is -4.28. The molecule has 1 aromatic rings. The summed E-state index contributed by atoms with van der Waals surface area (Å²) in [6.45, 7) is 4.14. The number of aliphatic imine (C=N–C) groups is 1.